The highest BCUT2D eigenvalue weighted by molar-refractivity contribution is 5.45. The van der Waals surface area contributed by atoms with Gasteiger partial charge in [0, 0.05) is 25.3 Å². The molecular formula is C16H27FN2. The van der Waals surface area contributed by atoms with Crippen LogP contribution in [-0.2, 0) is 0 Å². The highest BCUT2D eigenvalue weighted by Gasteiger charge is 2.23. The molecule has 0 aliphatic carbocycles. The third-order valence-corrected chi connectivity index (χ3v) is 3.50. The Morgan fingerprint density at radius 1 is 1.32 bits per heavy atom. The van der Waals surface area contributed by atoms with Gasteiger partial charge >= 0.3 is 0 Å². The molecule has 0 saturated carbocycles. The Hall–Kier alpha value is -1.09. The van der Waals surface area contributed by atoms with Crippen molar-refractivity contribution in [1.82, 2.24) is 5.32 Å². The minimum Gasteiger partial charge on any atom is -0.374 e. The van der Waals surface area contributed by atoms with Gasteiger partial charge in [-0.2, -0.15) is 0 Å². The minimum absolute atomic E-state index is 0.177. The smallest absolute Gasteiger partial charge is 0.125 e. The number of hydrogen-bond acceptors (Lipinski definition) is 2. The van der Waals surface area contributed by atoms with Crippen LogP contribution in [0.3, 0.4) is 0 Å². The molecule has 0 saturated heterocycles. The van der Waals surface area contributed by atoms with Gasteiger partial charge in [-0.1, -0.05) is 33.8 Å². The minimum atomic E-state index is -0.177. The van der Waals surface area contributed by atoms with Crippen LogP contribution in [0, 0.1) is 11.2 Å². The Morgan fingerprint density at radius 2 is 2.00 bits per heavy atom. The lowest BCUT2D eigenvalue weighted by molar-refractivity contribution is 0.260. The van der Waals surface area contributed by atoms with Gasteiger partial charge in [0.1, 0.15) is 5.82 Å². The van der Waals surface area contributed by atoms with E-state index in [1.807, 2.05) is 13.1 Å². The molecule has 0 bridgehead atoms. The van der Waals surface area contributed by atoms with Crippen LogP contribution in [0.5, 0.6) is 0 Å². The summed E-state index contributed by atoms with van der Waals surface area (Å²) < 4.78 is 13.2. The van der Waals surface area contributed by atoms with E-state index in [1.165, 1.54) is 6.07 Å². The van der Waals surface area contributed by atoms with Crippen molar-refractivity contribution in [2.75, 3.05) is 25.0 Å². The summed E-state index contributed by atoms with van der Waals surface area (Å²) in [5.74, 6) is -0.177. The van der Waals surface area contributed by atoms with Crippen LogP contribution in [0.15, 0.2) is 24.3 Å². The second-order valence-electron chi connectivity index (χ2n) is 6.17. The van der Waals surface area contributed by atoms with Gasteiger partial charge < -0.3 is 10.2 Å². The number of hydrogen-bond donors (Lipinski definition) is 1. The fourth-order valence-electron chi connectivity index (χ4n) is 2.25. The molecular weight excluding hydrogens is 239 g/mol. The molecule has 0 heterocycles. The largest absolute Gasteiger partial charge is 0.374 e. The third kappa shape index (κ3) is 5.19. The first kappa shape index (κ1) is 16.0. The molecule has 0 spiro atoms. The van der Waals surface area contributed by atoms with E-state index in [2.05, 4.69) is 37.9 Å². The molecule has 0 amide bonds. The maximum atomic E-state index is 13.2. The van der Waals surface area contributed by atoms with Crippen LogP contribution in [0.4, 0.5) is 10.1 Å². The Bertz CT molecular complexity index is 385. The van der Waals surface area contributed by atoms with Gasteiger partial charge in [-0.25, -0.2) is 4.39 Å². The Balaban J connectivity index is 2.59. The Kier molecular flexibility index (Phi) is 5.80. The molecule has 0 aliphatic heterocycles. The lowest BCUT2D eigenvalue weighted by Crippen LogP contribution is -2.42. The summed E-state index contributed by atoms with van der Waals surface area (Å²) in [5, 5.41) is 3.54. The van der Waals surface area contributed by atoms with Crippen LogP contribution in [0.25, 0.3) is 0 Å². The molecule has 1 rings (SSSR count). The van der Waals surface area contributed by atoms with Gasteiger partial charge in [0.05, 0.1) is 0 Å². The van der Waals surface area contributed by atoms with Crippen LogP contribution >= 0.6 is 0 Å². The van der Waals surface area contributed by atoms with Gasteiger partial charge in [0.2, 0.25) is 0 Å². The van der Waals surface area contributed by atoms with E-state index in [9.17, 15) is 4.39 Å². The molecule has 1 aromatic carbocycles. The molecule has 2 nitrogen and oxygen atoms in total. The second-order valence-corrected chi connectivity index (χ2v) is 6.17. The van der Waals surface area contributed by atoms with Crippen molar-refractivity contribution >= 4 is 5.69 Å². The SMILES string of the molecule is CCNC(CCN(C)c1cccc(F)c1)C(C)(C)C. The predicted octanol–water partition coefficient (Wildman–Crippen LogP) is 3.68. The normalized spacial score (nSPS) is 13.4. The van der Waals surface area contributed by atoms with E-state index in [0.29, 0.717) is 6.04 Å². The molecule has 0 fully saturated rings. The van der Waals surface area contributed by atoms with Crippen molar-refractivity contribution in [3.63, 3.8) is 0 Å². The van der Waals surface area contributed by atoms with Crippen molar-refractivity contribution in [3.8, 4) is 0 Å². The topological polar surface area (TPSA) is 15.3 Å². The van der Waals surface area contributed by atoms with Gasteiger partial charge in [-0.05, 0) is 36.6 Å². The highest BCUT2D eigenvalue weighted by atomic mass is 19.1. The fourth-order valence-corrected chi connectivity index (χ4v) is 2.25. The zero-order chi connectivity index (χ0) is 14.5. The summed E-state index contributed by atoms with van der Waals surface area (Å²) in [4.78, 5) is 2.11. The summed E-state index contributed by atoms with van der Waals surface area (Å²) in [5.41, 5.74) is 1.17. The zero-order valence-electron chi connectivity index (χ0n) is 12.8. The molecule has 1 unspecified atom stereocenters. The predicted molar refractivity (Wildman–Crippen MR) is 81.2 cm³/mol. The third-order valence-electron chi connectivity index (χ3n) is 3.50. The molecule has 1 aromatic rings. The first-order valence-electron chi connectivity index (χ1n) is 7.04. The van der Waals surface area contributed by atoms with Crippen molar-refractivity contribution in [1.29, 1.82) is 0 Å². The maximum Gasteiger partial charge on any atom is 0.125 e. The van der Waals surface area contributed by atoms with Crippen molar-refractivity contribution < 1.29 is 4.39 Å². The second kappa shape index (κ2) is 6.90. The summed E-state index contributed by atoms with van der Waals surface area (Å²) in [6.45, 7) is 10.8. The monoisotopic (exact) mass is 266 g/mol. The molecule has 1 atom stereocenters. The molecule has 0 aliphatic rings. The van der Waals surface area contributed by atoms with Crippen molar-refractivity contribution in [2.45, 2.75) is 40.2 Å². The molecule has 0 radical (unpaired) electrons. The highest BCUT2D eigenvalue weighted by Crippen LogP contribution is 2.23. The fraction of sp³-hybridized carbons (Fsp3) is 0.625. The van der Waals surface area contributed by atoms with Gasteiger partial charge in [-0.3, -0.25) is 0 Å². The number of halogens is 1. The summed E-state index contributed by atoms with van der Waals surface area (Å²) in [6.07, 6.45) is 1.05. The van der Waals surface area contributed by atoms with Crippen molar-refractivity contribution in [3.05, 3.63) is 30.1 Å². The number of nitrogens with zero attached hydrogens (tertiary/aromatic N) is 1. The summed E-state index contributed by atoms with van der Waals surface area (Å²) in [7, 11) is 2.01. The lowest BCUT2D eigenvalue weighted by Gasteiger charge is -2.33. The van der Waals surface area contributed by atoms with Crippen LogP contribution < -0.4 is 10.2 Å². The Labute approximate surface area is 117 Å². The average Bonchev–Trinajstić information content (AvgIpc) is 2.32. The molecule has 19 heavy (non-hydrogen) atoms. The lowest BCUT2D eigenvalue weighted by atomic mass is 9.84. The van der Waals surface area contributed by atoms with Crippen molar-refractivity contribution in [2.24, 2.45) is 5.41 Å². The Morgan fingerprint density at radius 3 is 2.53 bits per heavy atom. The number of anilines is 1. The zero-order valence-corrected chi connectivity index (χ0v) is 12.8. The van der Waals surface area contributed by atoms with Gasteiger partial charge in [0.25, 0.3) is 0 Å². The summed E-state index contributed by atoms with van der Waals surface area (Å²) in [6, 6.07) is 7.23. The molecule has 0 aromatic heterocycles. The number of benzene rings is 1. The van der Waals surface area contributed by atoms with Gasteiger partial charge in [-0.15, -0.1) is 0 Å². The van der Waals surface area contributed by atoms with E-state index in [0.717, 1.165) is 25.2 Å². The van der Waals surface area contributed by atoms with E-state index in [-0.39, 0.29) is 11.2 Å². The van der Waals surface area contributed by atoms with E-state index < -0.39 is 0 Å². The van der Waals surface area contributed by atoms with Gasteiger partial charge in [0.15, 0.2) is 0 Å². The first-order chi connectivity index (χ1) is 8.84. The standard InChI is InChI=1S/C16H27FN2/c1-6-18-15(16(2,3)4)10-11-19(5)14-9-7-8-13(17)12-14/h7-9,12,15,18H,6,10-11H2,1-5H3. The quantitative estimate of drug-likeness (QED) is 0.845. The maximum absolute atomic E-state index is 13.2. The average molecular weight is 266 g/mol. The van der Waals surface area contributed by atoms with E-state index >= 15 is 0 Å². The molecule has 108 valence electrons. The number of nitrogens with one attached hydrogen (secondary N) is 1. The van der Waals surface area contributed by atoms with Crippen LogP contribution in [0.1, 0.15) is 34.1 Å². The van der Waals surface area contributed by atoms with Crippen LogP contribution in [-0.4, -0.2) is 26.2 Å². The first-order valence-corrected chi connectivity index (χ1v) is 7.04. The van der Waals surface area contributed by atoms with E-state index in [4.69, 9.17) is 0 Å². The van der Waals surface area contributed by atoms with E-state index in [1.54, 1.807) is 12.1 Å². The van der Waals surface area contributed by atoms with Crippen LogP contribution in [0.2, 0.25) is 0 Å². The summed E-state index contributed by atoms with van der Waals surface area (Å²) >= 11 is 0. The molecule has 1 N–H and O–H groups in total. The number of rotatable bonds is 6. The molecule has 3 heteroatoms.